The molecule has 0 spiro atoms. The normalized spacial score (nSPS) is 11.2. The van der Waals surface area contributed by atoms with E-state index >= 15 is 0 Å². The van der Waals surface area contributed by atoms with Gasteiger partial charge < -0.3 is 4.98 Å². The maximum absolute atomic E-state index is 13.8. The molecule has 6 rings (SSSR count). The fraction of sp³-hybridized carbons (Fsp3) is 0.0938. The number of nitrogens with zero attached hydrogens (tertiary/aromatic N) is 1. The summed E-state index contributed by atoms with van der Waals surface area (Å²) in [6.07, 6.45) is 1.87. The number of halogens is 1. The summed E-state index contributed by atoms with van der Waals surface area (Å²) < 4.78 is 13.8. The van der Waals surface area contributed by atoms with Crippen LogP contribution in [0.15, 0.2) is 85.1 Å². The van der Waals surface area contributed by atoms with Crippen LogP contribution in [-0.4, -0.2) is 4.98 Å². The molecule has 0 aliphatic rings. The number of benzene rings is 5. The first-order valence-corrected chi connectivity index (χ1v) is 11.5. The van der Waals surface area contributed by atoms with Crippen molar-refractivity contribution >= 4 is 32.3 Å². The molecule has 5 aromatic carbocycles. The van der Waals surface area contributed by atoms with Crippen LogP contribution >= 0.6 is 0 Å². The summed E-state index contributed by atoms with van der Waals surface area (Å²) in [5.41, 5.74) is 7.88. The van der Waals surface area contributed by atoms with Gasteiger partial charge in [0, 0.05) is 26.3 Å². The molecule has 1 aromatic heterocycles. The average molecular weight is 633 g/mol. The van der Waals surface area contributed by atoms with Crippen molar-refractivity contribution < 1.29 is 24.5 Å². The Hall–Kier alpha value is -3.39. The van der Waals surface area contributed by atoms with Crippen LogP contribution in [0.1, 0.15) is 16.7 Å². The summed E-state index contributed by atoms with van der Waals surface area (Å²) in [5.74, 6) is -0.214. The zero-order valence-corrected chi connectivity index (χ0v) is 22.1. The molecule has 6 aromatic rings. The third-order valence-electron chi connectivity index (χ3n) is 6.53. The number of hydrogen-bond donors (Lipinski definition) is 0. The monoisotopic (exact) mass is 633 g/mol. The minimum atomic E-state index is -0.214. The maximum atomic E-state index is 13.8. The summed E-state index contributed by atoms with van der Waals surface area (Å²) in [5, 5.41) is 6.44. The van der Waals surface area contributed by atoms with Crippen molar-refractivity contribution in [3.8, 4) is 22.4 Å². The summed E-state index contributed by atoms with van der Waals surface area (Å²) in [6.45, 7) is 6.35. The van der Waals surface area contributed by atoms with Crippen LogP contribution < -0.4 is 0 Å². The molecule has 0 amide bonds. The molecule has 0 atom stereocenters. The third kappa shape index (κ3) is 4.16. The zero-order valence-electron chi connectivity index (χ0n) is 19.7. The van der Waals surface area contributed by atoms with E-state index in [-0.39, 0.29) is 25.9 Å². The van der Waals surface area contributed by atoms with E-state index < -0.39 is 0 Å². The Balaban J connectivity index is 0.00000253. The second kappa shape index (κ2) is 9.00. The van der Waals surface area contributed by atoms with E-state index in [1.807, 2.05) is 18.3 Å². The molecular formula is C32H23FIrN-. The second-order valence-corrected chi connectivity index (χ2v) is 9.19. The number of aromatic nitrogens is 1. The Morgan fingerprint density at radius 1 is 0.629 bits per heavy atom. The fourth-order valence-electron chi connectivity index (χ4n) is 5.15. The maximum Gasteiger partial charge on any atom is 0.123 e. The van der Waals surface area contributed by atoms with Gasteiger partial charge in [-0.2, -0.15) is 0 Å². The van der Waals surface area contributed by atoms with Gasteiger partial charge in [-0.1, -0.05) is 66.6 Å². The Kier molecular flexibility index (Phi) is 6.00. The van der Waals surface area contributed by atoms with E-state index in [4.69, 9.17) is 4.98 Å². The van der Waals surface area contributed by atoms with Crippen LogP contribution in [0.4, 0.5) is 4.39 Å². The fourth-order valence-corrected chi connectivity index (χ4v) is 5.15. The number of aryl methyl sites for hydroxylation is 3. The molecule has 0 unspecified atom stereocenters. The van der Waals surface area contributed by atoms with Gasteiger partial charge in [0.15, 0.2) is 0 Å². The van der Waals surface area contributed by atoms with Gasteiger partial charge in [-0.3, -0.25) is 0 Å². The van der Waals surface area contributed by atoms with Crippen molar-refractivity contribution in [2.75, 3.05) is 0 Å². The number of rotatable bonds is 2. The van der Waals surface area contributed by atoms with Gasteiger partial charge in [0.25, 0.3) is 0 Å². The molecule has 0 aliphatic heterocycles. The van der Waals surface area contributed by atoms with Crippen LogP contribution in [0.2, 0.25) is 0 Å². The van der Waals surface area contributed by atoms with Crippen molar-refractivity contribution in [3.63, 3.8) is 0 Å². The van der Waals surface area contributed by atoms with E-state index in [9.17, 15) is 4.39 Å². The molecule has 0 aliphatic carbocycles. The molecule has 0 bridgehead atoms. The summed E-state index contributed by atoms with van der Waals surface area (Å²) in [6, 6.07) is 30.0. The Morgan fingerprint density at radius 3 is 2.06 bits per heavy atom. The van der Waals surface area contributed by atoms with Crippen molar-refractivity contribution in [2.24, 2.45) is 0 Å². The zero-order chi connectivity index (χ0) is 23.4. The summed E-state index contributed by atoms with van der Waals surface area (Å²) in [7, 11) is 0. The molecule has 35 heavy (non-hydrogen) atoms. The van der Waals surface area contributed by atoms with Crippen molar-refractivity contribution in [1.29, 1.82) is 0 Å². The van der Waals surface area contributed by atoms with E-state index in [0.717, 1.165) is 49.1 Å². The van der Waals surface area contributed by atoms with E-state index in [0.29, 0.717) is 0 Å². The third-order valence-corrected chi connectivity index (χ3v) is 6.53. The van der Waals surface area contributed by atoms with Gasteiger partial charge in [0.2, 0.25) is 0 Å². The number of pyridine rings is 1. The Bertz CT molecular complexity index is 1730. The van der Waals surface area contributed by atoms with E-state index in [1.54, 1.807) is 6.07 Å². The minimum absolute atomic E-state index is 0. The van der Waals surface area contributed by atoms with Gasteiger partial charge in [-0.15, -0.1) is 34.9 Å². The number of fused-ring (bicyclic) bond motifs is 5. The van der Waals surface area contributed by atoms with Gasteiger partial charge in [-0.25, -0.2) is 4.39 Å². The summed E-state index contributed by atoms with van der Waals surface area (Å²) in [4.78, 5) is 4.79. The van der Waals surface area contributed by atoms with Gasteiger partial charge in [-0.05, 0) is 75.6 Å². The molecule has 1 radical (unpaired) electrons. The van der Waals surface area contributed by atoms with Crippen molar-refractivity contribution in [1.82, 2.24) is 4.98 Å². The topological polar surface area (TPSA) is 12.9 Å². The van der Waals surface area contributed by atoms with Crippen LogP contribution in [-0.2, 0) is 20.1 Å². The molecule has 3 heteroatoms. The molecule has 1 heterocycles. The van der Waals surface area contributed by atoms with Crippen LogP contribution in [0.3, 0.4) is 0 Å². The molecule has 0 N–H and O–H groups in total. The molecule has 173 valence electrons. The first-order valence-electron chi connectivity index (χ1n) is 11.5. The largest absolute Gasteiger partial charge is 0.304 e. The molecule has 0 saturated carbocycles. The first-order chi connectivity index (χ1) is 16.5. The van der Waals surface area contributed by atoms with Crippen LogP contribution in [0.25, 0.3) is 54.7 Å². The van der Waals surface area contributed by atoms with Crippen LogP contribution in [0, 0.1) is 32.7 Å². The number of hydrogen-bond acceptors (Lipinski definition) is 1. The predicted molar refractivity (Wildman–Crippen MR) is 141 cm³/mol. The Labute approximate surface area is 218 Å². The van der Waals surface area contributed by atoms with Crippen molar-refractivity contribution in [3.05, 3.63) is 114 Å². The molecule has 0 saturated heterocycles. The summed E-state index contributed by atoms with van der Waals surface area (Å²) >= 11 is 0. The van der Waals surface area contributed by atoms with Gasteiger partial charge in [0.05, 0.1) is 0 Å². The molecule has 1 nitrogen and oxygen atoms in total. The Morgan fingerprint density at radius 2 is 1.26 bits per heavy atom. The molecule has 0 fully saturated rings. The standard InChI is InChI=1S/C32H23FN.Ir/c1-19-12-20(2)14-23(13-19)24-15-21(3)16-25(17-24)32-31-9-8-28-27-7-5-26(33)18-22(27)4-6-29(28)30(31)10-11-34-32;/h4-15,17-18H,1-3H3;/q-1;. The second-order valence-electron chi connectivity index (χ2n) is 9.19. The van der Waals surface area contributed by atoms with E-state index in [2.05, 4.69) is 81.4 Å². The minimum Gasteiger partial charge on any atom is -0.304 e. The van der Waals surface area contributed by atoms with Crippen molar-refractivity contribution in [2.45, 2.75) is 20.8 Å². The van der Waals surface area contributed by atoms with Gasteiger partial charge in [0.1, 0.15) is 5.82 Å². The van der Waals surface area contributed by atoms with Crippen LogP contribution in [0.5, 0.6) is 0 Å². The SMILES string of the molecule is Cc1[c-]c(-c2nccc3c2ccc2c4ccc(F)cc4ccc32)cc(-c2cc(C)cc(C)c2)c1.[Ir]. The first kappa shape index (κ1) is 23.4. The molecular weight excluding hydrogens is 610 g/mol. The smallest absolute Gasteiger partial charge is 0.123 e. The average Bonchev–Trinajstić information content (AvgIpc) is 2.82. The van der Waals surface area contributed by atoms with E-state index in [1.165, 1.54) is 28.3 Å². The predicted octanol–water partition coefficient (Wildman–Crippen LogP) is 8.74. The van der Waals surface area contributed by atoms with Gasteiger partial charge >= 0.3 is 0 Å². The quantitative estimate of drug-likeness (QED) is 0.137.